The van der Waals surface area contributed by atoms with Gasteiger partial charge in [-0.2, -0.15) is 0 Å². The molecule has 1 aromatic carbocycles. The number of nitro benzene ring substituents is 1. The van der Waals surface area contributed by atoms with Crippen molar-refractivity contribution in [1.29, 1.82) is 0 Å². The summed E-state index contributed by atoms with van der Waals surface area (Å²) < 4.78 is 0. The maximum atomic E-state index is 11.8. The third-order valence-electron chi connectivity index (χ3n) is 2.43. The summed E-state index contributed by atoms with van der Waals surface area (Å²) in [5.41, 5.74) is 1.41. The Morgan fingerprint density at radius 3 is 2.58 bits per heavy atom. The molecule has 0 spiro atoms. The lowest BCUT2D eigenvalue weighted by atomic mass is 10.1. The van der Waals surface area contributed by atoms with Gasteiger partial charge in [-0.15, -0.1) is 0 Å². The average Bonchev–Trinajstić information content (AvgIpc) is 2.34. The van der Waals surface area contributed by atoms with Gasteiger partial charge in [-0.25, -0.2) is 0 Å². The van der Waals surface area contributed by atoms with Crippen LogP contribution in [0.3, 0.4) is 0 Å². The number of nitrogens with one attached hydrogen (secondary N) is 1. The molecule has 0 saturated carbocycles. The Morgan fingerprint density at radius 2 is 2.11 bits per heavy atom. The fourth-order valence-corrected chi connectivity index (χ4v) is 1.47. The Hall–Kier alpha value is -2.37. The summed E-state index contributed by atoms with van der Waals surface area (Å²) >= 11 is 0. The zero-order valence-electron chi connectivity index (χ0n) is 11.3. The number of benzene rings is 1. The van der Waals surface area contributed by atoms with Crippen LogP contribution in [0.1, 0.15) is 17.3 Å². The third-order valence-corrected chi connectivity index (χ3v) is 2.43. The van der Waals surface area contributed by atoms with Crippen molar-refractivity contribution in [1.82, 2.24) is 4.90 Å². The molecule has 1 aromatic rings. The van der Waals surface area contributed by atoms with E-state index < -0.39 is 4.92 Å². The molecular formula is C13H17N3O3. The molecule has 0 aliphatic rings. The third kappa shape index (κ3) is 3.80. The van der Waals surface area contributed by atoms with Gasteiger partial charge in [0.2, 0.25) is 0 Å². The molecule has 6 heteroatoms. The fourth-order valence-electron chi connectivity index (χ4n) is 1.47. The second kappa shape index (κ2) is 5.99. The van der Waals surface area contributed by atoms with Crippen molar-refractivity contribution in [3.05, 3.63) is 46.0 Å². The molecule has 0 aromatic heterocycles. The molecule has 6 nitrogen and oxygen atoms in total. The lowest BCUT2D eigenvalue weighted by Crippen LogP contribution is -2.21. The topological polar surface area (TPSA) is 75.5 Å². The summed E-state index contributed by atoms with van der Waals surface area (Å²) in [5.74, 6) is -0.269. The van der Waals surface area contributed by atoms with E-state index in [-0.39, 0.29) is 17.2 Å². The molecule has 0 aliphatic heterocycles. The molecule has 0 aliphatic carbocycles. The van der Waals surface area contributed by atoms with Gasteiger partial charge in [0.05, 0.1) is 4.92 Å². The lowest BCUT2D eigenvalue weighted by molar-refractivity contribution is -0.384. The van der Waals surface area contributed by atoms with E-state index in [1.54, 1.807) is 20.2 Å². The van der Waals surface area contributed by atoms with E-state index in [0.29, 0.717) is 12.2 Å². The smallest absolute Gasteiger partial charge is 0.293 e. The van der Waals surface area contributed by atoms with Crippen LogP contribution in [0.5, 0.6) is 0 Å². The summed E-state index contributed by atoms with van der Waals surface area (Å²) in [4.78, 5) is 23.7. The minimum Gasteiger partial charge on any atom is -0.376 e. The molecule has 0 fully saturated rings. The van der Waals surface area contributed by atoms with Crippen molar-refractivity contribution in [2.45, 2.75) is 6.92 Å². The van der Waals surface area contributed by atoms with Crippen LogP contribution in [0.25, 0.3) is 0 Å². The molecule has 1 rings (SSSR count). The highest BCUT2D eigenvalue weighted by molar-refractivity contribution is 5.95. The van der Waals surface area contributed by atoms with Crippen molar-refractivity contribution in [3.63, 3.8) is 0 Å². The highest BCUT2D eigenvalue weighted by Crippen LogP contribution is 2.26. The minimum atomic E-state index is -0.507. The first kappa shape index (κ1) is 14.7. The molecular weight excluding hydrogens is 246 g/mol. The molecule has 1 N–H and O–H groups in total. The lowest BCUT2D eigenvalue weighted by Gasteiger charge is -2.12. The number of amides is 1. The predicted molar refractivity (Wildman–Crippen MR) is 74.4 cm³/mol. The van der Waals surface area contributed by atoms with Crippen LogP contribution in [-0.4, -0.2) is 36.4 Å². The molecule has 0 saturated heterocycles. The number of nitrogens with zero attached hydrogens (tertiary/aromatic N) is 2. The molecule has 102 valence electrons. The van der Waals surface area contributed by atoms with E-state index in [2.05, 4.69) is 11.9 Å². The number of rotatable bonds is 5. The molecule has 1 amide bonds. The fraction of sp³-hybridized carbons (Fsp3) is 0.308. The van der Waals surface area contributed by atoms with Gasteiger partial charge in [0.15, 0.2) is 0 Å². The second-order valence-corrected chi connectivity index (χ2v) is 4.50. The summed E-state index contributed by atoms with van der Waals surface area (Å²) in [7, 11) is 3.20. The van der Waals surface area contributed by atoms with E-state index in [4.69, 9.17) is 0 Å². The van der Waals surface area contributed by atoms with Gasteiger partial charge in [0.25, 0.3) is 11.6 Å². The van der Waals surface area contributed by atoms with Crippen molar-refractivity contribution >= 4 is 17.3 Å². The largest absolute Gasteiger partial charge is 0.376 e. The Balaban J connectivity index is 3.11. The van der Waals surface area contributed by atoms with E-state index in [0.717, 1.165) is 5.57 Å². The first-order valence-electron chi connectivity index (χ1n) is 5.71. The van der Waals surface area contributed by atoms with E-state index in [9.17, 15) is 14.9 Å². The van der Waals surface area contributed by atoms with Gasteiger partial charge < -0.3 is 10.2 Å². The maximum absolute atomic E-state index is 11.8. The standard InChI is InChI=1S/C13H17N3O3/c1-9(2)8-14-11-6-5-10(13(17)15(3)4)7-12(11)16(18)19/h5-7,14H,1,8H2,2-4H3. The van der Waals surface area contributed by atoms with E-state index in [1.807, 2.05) is 6.92 Å². The summed E-state index contributed by atoms with van der Waals surface area (Å²) in [6, 6.07) is 4.39. The first-order valence-corrected chi connectivity index (χ1v) is 5.71. The van der Waals surface area contributed by atoms with Gasteiger partial charge in [-0.3, -0.25) is 14.9 Å². The number of nitro groups is 1. The molecule has 0 bridgehead atoms. The Bertz CT molecular complexity index is 524. The predicted octanol–water partition coefficient (Wildman–Crippen LogP) is 2.28. The molecule has 0 atom stereocenters. The van der Waals surface area contributed by atoms with Crippen LogP contribution >= 0.6 is 0 Å². The van der Waals surface area contributed by atoms with Crippen molar-refractivity contribution in [3.8, 4) is 0 Å². The maximum Gasteiger partial charge on any atom is 0.293 e. The van der Waals surface area contributed by atoms with Gasteiger partial charge >= 0.3 is 0 Å². The van der Waals surface area contributed by atoms with Crippen LogP contribution in [0.4, 0.5) is 11.4 Å². The van der Waals surface area contributed by atoms with Gasteiger partial charge in [0.1, 0.15) is 5.69 Å². The zero-order valence-corrected chi connectivity index (χ0v) is 11.3. The highest BCUT2D eigenvalue weighted by Gasteiger charge is 2.18. The van der Waals surface area contributed by atoms with Crippen LogP contribution in [-0.2, 0) is 0 Å². The molecule has 0 unspecified atom stereocenters. The van der Waals surface area contributed by atoms with Crippen molar-refractivity contribution in [2.75, 3.05) is 26.0 Å². The molecule has 0 heterocycles. The monoisotopic (exact) mass is 263 g/mol. The van der Waals surface area contributed by atoms with Crippen LogP contribution < -0.4 is 5.32 Å². The SMILES string of the molecule is C=C(C)CNc1ccc(C(=O)N(C)C)cc1[N+](=O)[O-]. The number of anilines is 1. The van der Waals surface area contributed by atoms with E-state index >= 15 is 0 Å². The number of carbonyl (C=O) groups is 1. The second-order valence-electron chi connectivity index (χ2n) is 4.50. The van der Waals surface area contributed by atoms with Crippen LogP contribution in [0.15, 0.2) is 30.4 Å². The summed E-state index contributed by atoms with van der Waals surface area (Å²) in [5, 5.41) is 14.0. The van der Waals surface area contributed by atoms with E-state index in [1.165, 1.54) is 17.0 Å². The summed E-state index contributed by atoms with van der Waals surface area (Å²) in [6.07, 6.45) is 0. The Morgan fingerprint density at radius 1 is 1.47 bits per heavy atom. The van der Waals surface area contributed by atoms with Gasteiger partial charge in [-0.1, -0.05) is 12.2 Å². The normalized spacial score (nSPS) is 9.84. The first-order chi connectivity index (χ1) is 8.82. The zero-order chi connectivity index (χ0) is 14.6. The number of hydrogen-bond donors (Lipinski definition) is 1. The van der Waals surface area contributed by atoms with Crippen molar-refractivity contribution in [2.24, 2.45) is 0 Å². The molecule has 19 heavy (non-hydrogen) atoms. The molecule has 0 radical (unpaired) electrons. The van der Waals surface area contributed by atoms with Gasteiger partial charge in [0, 0.05) is 32.3 Å². The highest BCUT2D eigenvalue weighted by atomic mass is 16.6. The minimum absolute atomic E-state index is 0.117. The van der Waals surface area contributed by atoms with Crippen molar-refractivity contribution < 1.29 is 9.72 Å². The van der Waals surface area contributed by atoms with Crippen LogP contribution in [0.2, 0.25) is 0 Å². The summed E-state index contributed by atoms with van der Waals surface area (Å²) in [6.45, 7) is 5.99. The van der Waals surface area contributed by atoms with Crippen LogP contribution in [0, 0.1) is 10.1 Å². The number of hydrogen-bond acceptors (Lipinski definition) is 4. The number of carbonyl (C=O) groups excluding carboxylic acids is 1. The Labute approximate surface area is 111 Å². The Kier molecular flexibility index (Phi) is 4.63. The quantitative estimate of drug-likeness (QED) is 0.502. The van der Waals surface area contributed by atoms with Gasteiger partial charge in [-0.05, 0) is 19.1 Å². The average molecular weight is 263 g/mol.